The topological polar surface area (TPSA) is 84.8 Å². The third-order valence-corrected chi connectivity index (χ3v) is 4.49. The number of nitrogens with zero attached hydrogens (tertiary/aromatic N) is 3. The quantitative estimate of drug-likeness (QED) is 0.770. The fraction of sp³-hybridized carbons (Fsp3) is 0.353. The summed E-state index contributed by atoms with van der Waals surface area (Å²) in [5, 5.41) is 8.06. The van der Waals surface area contributed by atoms with E-state index in [4.69, 9.17) is 4.74 Å². The Labute approximate surface area is 138 Å². The zero-order chi connectivity index (χ0) is 16.5. The van der Waals surface area contributed by atoms with Crippen LogP contribution in [0.25, 0.3) is 11.0 Å². The van der Waals surface area contributed by atoms with Gasteiger partial charge in [0.2, 0.25) is 5.95 Å². The molecule has 7 heteroatoms. The number of H-pyrrole nitrogens is 1. The number of ether oxygens (including phenoxy) is 1. The van der Waals surface area contributed by atoms with E-state index in [1.54, 1.807) is 13.3 Å². The SMILES string of the molecule is COc1ccc(Nc2nc3c(cnn3C3CCCC3)c(=O)[nH]2)cc1. The predicted octanol–water partition coefficient (Wildman–Crippen LogP) is 2.99. The average Bonchev–Trinajstić information content (AvgIpc) is 3.24. The zero-order valence-electron chi connectivity index (χ0n) is 13.5. The molecule has 1 saturated carbocycles. The van der Waals surface area contributed by atoms with Crippen molar-refractivity contribution in [3.8, 4) is 5.75 Å². The van der Waals surface area contributed by atoms with Gasteiger partial charge in [-0.2, -0.15) is 10.1 Å². The van der Waals surface area contributed by atoms with Gasteiger partial charge in [-0.1, -0.05) is 12.8 Å². The largest absolute Gasteiger partial charge is 0.497 e. The molecule has 0 unspecified atom stereocenters. The van der Waals surface area contributed by atoms with Crippen molar-refractivity contribution in [3.05, 3.63) is 40.8 Å². The second kappa shape index (κ2) is 5.99. The van der Waals surface area contributed by atoms with Gasteiger partial charge in [-0.3, -0.25) is 9.78 Å². The molecule has 1 fully saturated rings. The van der Waals surface area contributed by atoms with Crippen molar-refractivity contribution >= 4 is 22.7 Å². The van der Waals surface area contributed by atoms with Crippen LogP contribution in [-0.4, -0.2) is 26.9 Å². The first-order chi connectivity index (χ1) is 11.7. The summed E-state index contributed by atoms with van der Waals surface area (Å²) in [6, 6.07) is 7.78. The number of anilines is 2. The van der Waals surface area contributed by atoms with Crippen LogP contribution in [0.4, 0.5) is 11.6 Å². The maximum absolute atomic E-state index is 12.3. The number of benzene rings is 1. The number of rotatable bonds is 4. The van der Waals surface area contributed by atoms with Gasteiger partial charge in [0.1, 0.15) is 11.1 Å². The maximum Gasteiger partial charge on any atom is 0.263 e. The van der Waals surface area contributed by atoms with E-state index in [1.807, 2.05) is 28.9 Å². The summed E-state index contributed by atoms with van der Waals surface area (Å²) >= 11 is 0. The molecular weight excluding hydrogens is 306 g/mol. The van der Waals surface area contributed by atoms with Gasteiger partial charge < -0.3 is 10.1 Å². The minimum atomic E-state index is -0.180. The van der Waals surface area contributed by atoms with Crippen LogP contribution in [0.15, 0.2) is 35.3 Å². The van der Waals surface area contributed by atoms with Crippen molar-refractivity contribution in [2.45, 2.75) is 31.7 Å². The van der Waals surface area contributed by atoms with Crippen molar-refractivity contribution in [1.82, 2.24) is 19.7 Å². The smallest absolute Gasteiger partial charge is 0.263 e. The average molecular weight is 325 g/mol. The predicted molar refractivity (Wildman–Crippen MR) is 91.9 cm³/mol. The van der Waals surface area contributed by atoms with Gasteiger partial charge in [0, 0.05) is 5.69 Å². The second-order valence-electron chi connectivity index (χ2n) is 6.03. The highest BCUT2D eigenvalue weighted by molar-refractivity contribution is 5.75. The number of aromatic nitrogens is 4. The highest BCUT2D eigenvalue weighted by atomic mass is 16.5. The molecule has 0 bridgehead atoms. The van der Waals surface area contributed by atoms with E-state index >= 15 is 0 Å². The maximum atomic E-state index is 12.3. The van der Waals surface area contributed by atoms with Crippen LogP contribution >= 0.6 is 0 Å². The molecule has 7 nitrogen and oxygen atoms in total. The first-order valence-electron chi connectivity index (χ1n) is 8.13. The first-order valence-corrected chi connectivity index (χ1v) is 8.13. The molecule has 0 saturated heterocycles. The molecule has 0 atom stereocenters. The van der Waals surface area contributed by atoms with Gasteiger partial charge >= 0.3 is 0 Å². The minimum absolute atomic E-state index is 0.180. The molecule has 2 aromatic heterocycles. The summed E-state index contributed by atoms with van der Waals surface area (Å²) in [7, 11) is 1.62. The van der Waals surface area contributed by atoms with Crippen LogP contribution in [0, 0.1) is 0 Å². The van der Waals surface area contributed by atoms with Crippen LogP contribution in [0.3, 0.4) is 0 Å². The standard InChI is InChI=1S/C17H19N5O2/c1-24-13-8-6-11(7-9-13)19-17-20-15-14(16(23)21-17)10-18-22(15)12-4-2-3-5-12/h6-10,12H,2-5H2,1H3,(H2,19,20,21,23). The summed E-state index contributed by atoms with van der Waals surface area (Å²) in [5.41, 5.74) is 1.28. The third kappa shape index (κ3) is 2.62. The van der Waals surface area contributed by atoms with Crippen molar-refractivity contribution in [1.29, 1.82) is 0 Å². The monoisotopic (exact) mass is 325 g/mol. The van der Waals surface area contributed by atoms with Gasteiger partial charge in [-0.05, 0) is 37.1 Å². The Balaban J connectivity index is 1.70. The number of aromatic amines is 1. The highest BCUT2D eigenvalue weighted by Gasteiger charge is 2.21. The van der Waals surface area contributed by atoms with Crippen LogP contribution in [0.2, 0.25) is 0 Å². The molecule has 1 aromatic carbocycles. The van der Waals surface area contributed by atoms with Gasteiger partial charge in [-0.15, -0.1) is 0 Å². The molecule has 2 heterocycles. The van der Waals surface area contributed by atoms with Gasteiger partial charge in [0.15, 0.2) is 5.65 Å². The fourth-order valence-electron chi connectivity index (χ4n) is 3.22. The molecule has 1 aliphatic carbocycles. The van der Waals surface area contributed by atoms with Gasteiger partial charge in [0.25, 0.3) is 5.56 Å². The number of nitrogens with one attached hydrogen (secondary N) is 2. The lowest BCUT2D eigenvalue weighted by Gasteiger charge is -2.11. The van der Waals surface area contributed by atoms with Crippen LogP contribution < -0.4 is 15.6 Å². The highest BCUT2D eigenvalue weighted by Crippen LogP contribution is 2.30. The molecule has 4 rings (SSSR count). The lowest BCUT2D eigenvalue weighted by atomic mass is 10.2. The van der Waals surface area contributed by atoms with E-state index in [0.29, 0.717) is 23.0 Å². The Hall–Kier alpha value is -2.83. The molecule has 0 radical (unpaired) electrons. The third-order valence-electron chi connectivity index (χ3n) is 4.49. The lowest BCUT2D eigenvalue weighted by molar-refractivity contribution is 0.415. The Bertz CT molecular complexity index is 907. The van der Waals surface area contributed by atoms with E-state index in [-0.39, 0.29) is 5.56 Å². The van der Waals surface area contributed by atoms with Crippen LogP contribution in [-0.2, 0) is 0 Å². The van der Waals surface area contributed by atoms with Crippen molar-refractivity contribution < 1.29 is 4.74 Å². The molecular formula is C17H19N5O2. The van der Waals surface area contributed by atoms with E-state index in [2.05, 4.69) is 20.4 Å². The molecule has 0 amide bonds. The number of fused-ring (bicyclic) bond motifs is 1. The van der Waals surface area contributed by atoms with E-state index in [0.717, 1.165) is 24.3 Å². The lowest BCUT2D eigenvalue weighted by Crippen LogP contribution is -2.13. The molecule has 1 aliphatic rings. The minimum Gasteiger partial charge on any atom is -0.497 e. The van der Waals surface area contributed by atoms with E-state index in [1.165, 1.54) is 12.8 Å². The van der Waals surface area contributed by atoms with E-state index < -0.39 is 0 Å². The van der Waals surface area contributed by atoms with Crippen molar-refractivity contribution in [3.63, 3.8) is 0 Å². The van der Waals surface area contributed by atoms with Gasteiger partial charge in [0.05, 0.1) is 19.3 Å². The molecule has 124 valence electrons. The van der Waals surface area contributed by atoms with Crippen LogP contribution in [0.1, 0.15) is 31.7 Å². The number of hydrogen-bond donors (Lipinski definition) is 2. The first kappa shape index (κ1) is 14.7. The second-order valence-corrected chi connectivity index (χ2v) is 6.03. The Morgan fingerprint density at radius 3 is 2.71 bits per heavy atom. The summed E-state index contributed by atoms with van der Waals surface area (Å²) in [6.45, 7) is 0. The Morgan fingerprint density at radius 1 is 1.25 bits per heavy atom. The molecule has 24 heavy (non-hydrogen) atoms. The number of hydrogen-bond acceptors (Lipinski definition) is 5. The molecule has 0 spiro atoms. The normalized spacial score (nSPS) is 15.0. The summed E-state index contributed by atoms with van der Waals surface area (Å²) < 4.78 is 7.05. The van der Waals surface area contributed by atoms with Crippen molar-refractivity contribution in [2.75, 3.05) is 12.4 Å². The summed E-state index contributed by atoms with van der Waals surface area (Å²) in [4.78, 5) is 19.7. The molecule has 0 aliphatic heterocycles. The molecule has 3 aromatic rings. The summed E-state index contributed by atoms with van der Waals surface area (Å²) in [5.74, 6) is 1.19. The van der Waals surface area contributed by atoms with E-state index in [9.17, 15) is 4.79 Å². The molecule has 2 N–H and O–H groups in total. The summed E-state index contributed by atoms with van der Waals surface area (Å²) in [6.07, 6.45) is 6.19. The fourth-order valence-corrected chi connectivity index (χ4v) is 3.22. The Morgan fingerprint density at radius 2 is 2.00 bits per heavy atom. The van der Waals surface area contributed by atoms with Gasteiger partial charge in [-0.25, -0.2) is 4.68 Å². The zero-order valence-corrected chi connectivity index (χ0v) is 13.5. The Kier molecular flexibility index (Phi) is 3.68. The van der Waals surface area contributed by atoms with Crippen LogP contribution in [0.5, 0.6) is 5.75 Å². The van der Waals surface area contributed by atoms with Crippen molar-refractivity contribution in [2.24, 2.45) is 0 Å². The number of methoxy groups -OCH3 is 1.